The molecule has 0 radical (unpaired) electrons. The van der Waals surface area contributed by atoms with Crippen LogP contribution in [0.4, 0.5) is 5.69 Å². The van der Waals surface area contributed by atoms with Gasteiger partial charge in [-0.25, -0.2) is 0 Å². The zero-order valence-electron chi connectivity index (χ0n) is 14.7. The second kappa shape index (κ2) is 7.25. The van der Waals surface area contributed by atoms with Gasteiger partial charge in [-0.3, -0.25) is 0 Å². The molecule has 4 heteroatoms. The number of hydrogen-bond donors (Lipinski definition) is 0. The van der Waals surface area contributed by atoms with Crippen LogP contribution in [0.25, 0.3) is 11.1 Å². The van der Waals surface area contributed by atoms with Gasteiger partial charge in [0.2, 0.25) is 10.3 Å². The standard InChI is InChI=1S/C23H19NO2S/c1-2-15-24-21-14-13-19(17-9-5-3-6-10-17)16-20(21)23(27(25)26)22(24)18-11-7-4-8-12-18/h2-14,16,22H,1,15H2. The van der Waals surface area contributed by atoms with Gasteiger partial charge in [0.05, 0.1) is 6.04 Å². The Morgan fingerprint density at radius 3 is 2.19 bits per heavy atom. The van der Waals surface area contributed by atoms with E-state index in [2.05, 4.69) is 11.5 Å². The number of rotatable bonds is 4. The van der Waals surface area contributed by atoms with Crippen LogP contribution in [0.5, 0.6) is 0 Å². The molecule has 0 aliphatic carbocycles. The van der Waals surface area contributed by atoms with Crippen molar-refractivity contribution in [3.05, 3.63) is 103 Å². The maximum Gasteiger partial charge on any atom is 0.220 e. The summed E-state index contributed by atoms with van der Waals surface area (Å²) in [7, 11) is -2.33. The lowest BCUT2D eigenvalue weighted by atomic mass is 9.99. The van der Waals surface area contributed by atoms with Gasteiger partial charge in [0.1, 0.15) is 4.86 Å². The number of nitrogens with zero attached hydrogens (tertiary/aromatic N) is 1. The Kier molecular flexibility index (Phi) is 4.65. The average Bonchev–Trinajstić information content (AvgIpc) is 3.03. The molecule has 1 aliphatic heterocycles. The summed E-state index contributed by atoms with van der Waals surface area (Å²) in [5.74, 6) is 0. The third kappa shape index (κ3) is 3.09. The van der Waals surface area contributed by atoms with Crippen LogP contribution in [0.2, 0.25) is 0 Å². The van der Waals surface area contributed by atoms with E-state index in [0.717, 1.165) is 27.9 Å². The molecule has 3 aromatic carbocycles. The Balaban J connectivity index is 1.93. The van der Waals surface area contributed by atoms with Crippen molar-refractivity contribution in [2.45, 2.75) is 6.04 Å². The lowest BCUT2D eigenvalue weighted by Crippen LogP contribution is -2.28. The molecule has 0 saturated carbocycles. The van der Waals surface area contributed by atoms with Crippen molar-refractivity contribution in [1.29, 1.82) is 0 Å². The van der Waals surface area contributed by atoms with Gasteiger partial charge in [0, 0.05) is 17.8 Å². The van der Waals surface area contributed by atoms with Crippen LogP contribution >= 0.6 is 0 Å². The van der Waals surface area contributed by atoms with Crippen molar-refractivity contribution in [2.24, 2.45) is 0 Å². The number of hydrogen-bond acceptors (Lipinski definition) is 3. The Labute approximate surface area is 160 Å². The molecular formula is C23H19NO2S. The van der Waals surface area contributed by atoms with E-state index in [0.29, 0.717) is 11.4 Å². The van der Waals surface area contributed by atoms with Crippen LogP contribution in [0.3, 0.4) is 0 Å². The fraction of sp³-hybridized carbons (Fsp3) is 0.0870. The highest BCUT2D eigenvalue weighted by atomic mass is 32.2. The van der Waals surface area contributed by atoms with Crippen LogP contribution in [-0.2, 0) is 10.3 Å². The van der Waals surface area contributed by atoms with E-state index in [1.165, 1.54) is 0 Å². The largest absolute Gasteiger partial charge is 0.355 e. The number of fused-ring (bicyclic) bond motifs is 1. The first-order valence-electron chi connectivity index (χ1n) is 8.79. The van der Waals surface area contributed by atoms with Crippen molar-refractivity contribution in [2.75, 3.05) is 11.4 Å². The molecule has 27 heavy (non-hydrogen) atoms. The quantitative estimate of drug-likeness (QED) is 0.499. The van der Waals surface area contributed by atoms with E-state index >= 15 is 0 Å². The van der Waals surface area contributed by atoms with Crippen LogP contribution in [0.15, 0.2) is 91.5 Å². The smallest absolute Gasteiger partial charge is 0.220 e. The van der Waals surface area contributed by atoms with Gasteiger partial charge in [-0.1, -0.05) is 72.8 Å². The molecule has 0 bridgehead atoms. The van der Waals surface area contributed by atoms with Crippen LogP contribution < -0.4 is 4.90 Å². The SMILES string of the molecule is C=CCN1c2ccc(-c3ccccc3)cc2C(=S(=O)=O)C1c1ccccc1. The molecule has 3 nitrogen and oxygen atoms in total. The molecule has 134 valence electrons. The topological polar surface area (TPSA) is 37.4 Å². The van der Waals surface area contributed by atoms with Gasteiger partial charge in [0.15, 0.2) is 0 Å². The summed E-state index contributed by atoms with van der Waals surface area (Å²) in [5, 5.41) is 0. The molecule has 1 aliphatic rings. The van der Waals surface area contributed by atoms with Crippen LogP contribution in [0, 0.1) is 0 Å². The zero-order chi connectivity index (χ0) is 18.8. The molecule has 0 fully saturated rings. The minimum atomic E-state index is -2.33. The van der Waals surface area contributed by atoms with Gasteiger partial charge < -0.3 is 4.90 Å². The normalized spacial score (nSPS) is 15.5. The Morgan fingerprint density at radius 2 is 1.56 bits per heavy atom. The Hall–Kier alpha value is -3.11. The minimum Gasteiger partial charge on any atom is -0.355 e. The van der Waals surface area contributed by atoms with Crippen molar-refractivity contribution in [1.82, 2.24) is 0 Å². The molecule has 1 atom stereocenters. The van der Waals surface area contributed by atoms with Gasteiger partial charge in [0.25, 0.3) is 0 Å². The molecule has 3 aromatic rings. The van der Waals surface area contributed by atoms with Gasteiger partial charge >= 0.3 is 0 Å². The summed E-state index contributed by atoms with van der Waals surface area (Å²) in [6.45, 7) is 4.42. The van der Waals surface area contributed by atoms with E-state index in [1.54, 1.807) is 0 Å². The fourth-order valence-corrected chi connectivity index (χ4v) is 4.50. The van der Waals surface area contributed by atoms with Crippen molar-refractivity contribution >= 4 is 20.8 Å². The summed E-state index contributed by atoms with van der Waals surface area (Å²) >= 11 is 0. The summed E-state index contributed by atoms with van der Waals surface area (Å²) in [6.07, 6.45) is 1.81. The second-order valence-electron chi connectivity index (χ2n) is 6.45. The molecule has 0 saturated heterocycles. The van der Waals surface area contributed by atoms with E-state index in [4.69, 9.17) is 0 Å². The number of anilines is 1. The van der Waals surface area contributed by atoms with E-state index in [-0.39, 0.29) is 6.04 Å². The molecule has 0 spiro atoms. The molecule has 0 N–H and O–H groups in total. The van der Waals surface area contributed by atoms with E-state index in [9.17, 15) is 8.42 Å². The molecule has 1 heterocycles. The zero-order valence-corrected chi connectivity index (χ0v) is 15.6. The van der Waals surface area contributed by atoms with Gasteiger partial charge in [-0.15, -0.1) is 6.58 Å². The monoisotopic (exact) mass is 373 g/mol. The molecule has 4 rings (SSSR count). The first kappa shape index (κ1) is 17.3. The van der Waals surface area contributed by atoms with Gasteiger partial charge in [-0.05, 0) is 28.8 Å². The lowest BCUT2D eigenvalue weighted by molar-refractivity contribution is 0.626. The maximum absolute atomic E-state index is 12.3. The molecule has 0 aromatic heterocycles. The highest BCUT2D eigenvalue weighted by molar-refractivity contribution is 7.73. The van der Waals surface area contributed by atoms with E-state index < -0.39 is 10.3 Å². The highest BCUT2D eigenvalue weighted by Crippen LogP contribution is 2.42. The third-order valence-corrected chi connectivity index (χ3v) is 5.66. The Morgan fingerprint density at radius 1 is 0.889 bits per heavy atom. The molecule has 1 unspecified atom stereocenters. The fourth-order valence-electron chi connectivity index (χ4n) is 3.71. The summed E-state index contributed by atoms with van der Waals surface area (Å²) in [6, 6.07) is 25.4. The van der Waals surface area contributed by atoms with Gasteiger partial charge in [-0.2, -0.15) is 8.42 Å². The van der Waals surface area contributed by atoms with E-state index in [1.807, 2.05) is 84.9 Å². The third-order valence-electron chi connectivity index (χ3n) is 4.86. The Bertz CT molecular complexity index is 1110. The molecular weight excluding hydrogens is 354 g/mol. The first-order chi connectivity index (χ1) is 13.2. The van der Waals surface area contributed by atoms with Crippen molar-refractivity contribution in [3.8, 4) is 11.1 Å². The average molecular weight is 373 g/mol. The highest BCUT2D eigenvalue weighted by Gasteiger charge is 2.37. The maximum atomic E-state index is 12.3. The minimum absolute atomic E-state index is 0.344. The van der Waals surface area contributed by atoms with Crippen LogP contribution in [0.1, 0.15) is 17.2 Å². The van der Waals surface area contributed by atoms with Crippen LogP contribution in [-0.4, -0.2) is 19.8 Å². The lowest BCUT2D eigenvalue weighted by Gasteiger charge is -2.26. The summed E-state index contributed by atoms with van der Waals surface area (Å²) < 4.78 is 24.5. The predicted octanol–water partition coefficient (Wildman–Crippen LogP) is 4.50. The molecule has 0 amide bonds. The summed E-state index contributed by atoms with van der Waals surface area (Å²) in [5.41, 5.74) is 4.71. The summed E-state index contributed by atoms with van der Waals surface area (Å²) in [4.78, 5) is 2.51. The van der Waals surface area contributed by atoms with Crippen molar-refractivity contribution < 1.29 is 8.42 Å². The predicted molar refractivity (Wildman–Crippen MR) is 112 cm³/mol. The second-order valence-corrected chi connectivity index (χ2v) is 7.36. The number of benzene rings is 3. The first-order valence-corrected chi connectivity index (χ1v) is 9.86. The van der Waals surface area contributed by atoms with Crippen molar-refractivity contribution in [3.63, 3.8) is 0 Å².